The standard InChI is InChI=1S/C30H67B4N7O7/c1-7-28(42)36-23-27(39-29(43)8-2)30(44)35-18-12-10-9-11-17-26(24-40(33(5)47)21-15-13-19-37-31(3)45)25-41(34(6)48)22-16-14-20-38-32(4)46/h26-27,37-38,45-48H,7-25H2,1-6H3,(H,35,44)(H,36,42)(H,39,43). The monoisotopic (exact) mass is 682 g/mol. The van der Waals surface area contributed by atoms with Crippen molar-refractivity contribution >= 4 is 45.9 Å². The summed E-state index contributed by atoms with van der Waals surface area (Å²) in [6.45, 7) is 15.2. The molecule has 0 aliphatic heterocycles. The highest BCUT2D eigenvalue weighted by molar-refractivity contribution is 6.46. The molecule has 0 aromatic rings. The van der Waals surface area contributed by atoms with Crippen LogP contribution < -0.4 is 26.4 Å². The van der Waals surface area contributed by atoms with Crippen LogP contribution in [0.4, 0.5) is 0 Å². The van der Waals surface area contributed by atoms with Crippen LogP contribution in [0.15, 0.2) is 0 Å². The maximum absolute atomic E-state index is 12.7. The van der Waals surface area contributed by atoms with E-state index in [9.17, 15) is 34.5 Å². The van der Waals surface area contributed by atoms with E-state index in [2.05, 4.69) is 36.0 Å². The first-order chi connectivity index (χ1) is 22.8. The maximum atomic E-state index is 12.7. The van der Waals surface area contributed by atoms with Crippen LogP contribution in [0.5, 0.6) is 0 Å². The fourth-order valence-corrected chi connectivity index (χ4v) is 5.36. The van der Waals surface area contributed by atoms with Crippen LogP contribution in [0.3, 0.4) is 0 Å². The number of nitrogens with one attached hydrogen (secondary N) is 5. The molecule has 1 atom stereocenters. The van der Waals surface area contributed by atoms with Gasteiger partial charge >= 0.3 is 28.2 Å². The van der Waals surface area contributed by atoms with Gasteiger partial charge in [-0.05, 0) is 111 Å². The summed E-state index contributed by atoms with van der Waals surface area (Å²) in [5, 5.41) is 54.3. The van der Waals surface area contributed by atoms with E-state index in [-0.39, 0.29) is 36.6 Å². The smallest absolute Gasteiger partial charge is 0.376 e. The molecule has 0 radical (unpaired) electrons. The summed E-state index contributed by atoms with van der Waals surface area (Å²) in [4.78, 5) is 40.5. The fraction of sp³-hybridized carbons (Fsp3) is 0.900. The molecule has 0 saturated heterocycles. The summed E-state index contributed by atoms with van der Waals surface area (Å²) in [5.41, 5.74) is 0. The van der Waals surface area contributed by atoms with Crippen molar-refractivity contribution < 1.29 is 34.5 Å². The Labute approximate surface area is 292 Å². The van der Waals surface area contributed by atoms with Gasteiger partial charge in [0.1, 0.15) is 6.04 Å². The molecule has 18 heteroatoms. The molecule has 276 valence electrons. The first-order valence-electron chi connectivity index (χ1n) is 18.3. The molecule has 0 saturated carbocycles. The van der Waals surface area contributed by atoms with Gasteiger partial charge in [-0.15, -0.1) is 0 Å². The van der Waals surface area contributed by atoms with Crippen LogP contribution in [-0.4, -0.2) is 134 Å². The van der Waals surface area contributed by atoms with Gasteiger partial charge in [-0.3, -0.25) is 14.4 Å². The van der Waals surface area contributed by atoms with Crippen LogP contribution in [0.1, 0.15) is 84.5 Å². The van der Waals surface area contributed by atoms with Crippen molar-refractivity contribution in [2.24, 2.45) is 5.92 Å². The molecule has 9 N–H and O–H groups in total. The van der Waals surface area contributed by atoms with Gasteiger partial charge < -0.3 is 56.1 Å². The molecule has 0 aromatic carbocycles. The van der Waals surface area contributed by atoms with Crippen molar-refractivity contribution in [1.82, 2.24) is 36.0 Å². The summed E-state index contributed by atoms with van der Waals surface area (Å²) < 4.78 is 0. The molecule has 3 amide bonds. The highest BCUT2D eigenvalue weighted by atomic mass is 16.2. The van der Waals surface area contributed by atoms with Crippen molar-refractivity contribution in [3.63, 3.8) is 0 Å². The first kappa shape index (κ1) is 46.3. The second kappa shape index (κ2) is 29.1. The second-order valence-corrected chi connectivity index (χ2v) is 12.9. The lowest BCUT2D eigenvalue weighted by atomic mass is 9.80. The summed E-state index contributed by atoms with van der Waals surface area (Å²) in [6, 6.07) is -0.813. The topological polar surface area (TPSA) is 199 Å². The number of nitrogens with zero attached hydrogens (tertiary/aromatic N) is 2. The van der Waals surface area contributed by atoms with E-state index in [1.165, 1.54) is 0 Å². The van der Waals surface area contributed by atoms with Crippen LogP contribution in [0, 0.1) is 5.92 Å². The van der Waals surface area contributed by atoms with Gasteiger partial charge in [0.2, 0.25) is 17.7 Å². The van der Waals surface area contributed by atoms with Crippen molar-refractivity contribution in [1.29, 1.82) is 0 Å². The zero-order valence-electron chi connectivity index (χ0n) is 30.8. The van der Waals surface area contributed by atoms with Gasteiger partial charge in [-0.1, -0.05) is 33.1 Å². The Hall–Kier alpha value is -1.65. The van der Waals surface area contributed by atoms with Crippen molar-refractivity contribution in [2.45, 2.75) is 118 Å². The summed E-state index contributed by atoms with van der Waals surface area (Å²) in [5.74, 6) is -0.519. The second-order valence-electron chi connectivity index (χ2n) is 12.9. The molecule has 0 aliphatic carbocycles. The van der Waals surface area contributed by atoms with Gasteiger partial charge in [0.15, 0.2) is 0 Å². The van der Waals surface area contributed by atoms with Crippen LogP contribution in [0.2, 0.25) is 27.3 Å². The van der Waals surface area contributed by atoms with Gasteiger partial charge in [0, 0.05) is 25.9 Å². The molecule has 0 rings (SSSR count). The molecule has 48 heavy (non-hydrogen) atoms. The molecule has 0 heterocycles. The Morgan fingerprint density at radius 2 is 1.10 bits per heavy atom. The van der Waals surface area contributed by atoms with E-state index in [4.69, 9.17) is 0 Å². The Morgan fingerprint density at radius 3 is 1.56 bits per heavy atom. The Balaban J connectivity index is 5.06. The molecular weight excluding hydrogens is 614 g/mol. The summed E-state index contributed by atoms with van der Waals surface area (Å²) in [6.07, 6.45) is 8.64. The maximum Gasteiger partial charge on any atom is 0.376 e. The van der Waals surface area contributed by atoms with E-state index < -0.39 is 34.2 Å². The summed E-state index contributed by atoms with van der Waals surface area (Å²) >= 11 is 0. The quantitative estimate of drug-likeness (QED) is 0.0349. The van der Waals surface area contributed by atoms with Crippen LogP contribution >= 0.6 is 0 Å². The molecule has 0 spiro atoms. The molecule has 0 fully saturated rings. The van der Waals surface area contributed by atoms with E-state index in [0.717, 1.165) is 70.9 Å². The summed E-state index contributed by atoms with van der Waals surface area (Å²) in [7, 11) is -2.29. The molecule has 14 nitrogen and oxygen atoms in total. The van der Waals surface area contributed by atoms with Crippen LogP contribution in [0.25, 0.3) is 0 Å². The molecule has 1 unspecified atom stereocenters. The van der Waals surface area contributed by atoms with E-state index in [1.807, 2.05) is 0 Å². The van der Waals surface area contributed by atoms with Crippen LogP contribution in [-0.2, 0) is 14.4 Å². The fourth-order valence-electron chi connectivity index (χ4n) is 5.36. The number of carbonyl (C=O) groups excluding carboxylic acids is 3. The lowest BCUT2D eigenvalue weighted by molar-refractivity contribution is -0.129. The van der Waals surface area contributed by atoms with E-state index >= 15 is 0 Å². The highest BCUT2D eigenvalue weighted by Crippen LogP contribution is 2.17. The third-order valence-electron chi connectivity index (χ3n) is 8.30. The van der Waals surface area contributed by atoms with E-state index in [1.54, 1.807) is 41.1 Å². The SMILES string of the molecule is CCC(=O)NCC(NC(=O)CC)C(=O)NCCCCCCC(CN(CCCCNB(C)O)B(C)O)CN(CCCCNB(C)O)B(C)O. The first-order valence-corrected chi connectivity index (χ1v) is 18.3. The third kappa shape index (κ3) is 25.3. The minimum Gasteiger partial charge on any atom is -0.437 e. The lowest BCUT2D eigenvalue weighted by Crippen LogP contribution is -2.52. The van der Waals surface area contributed by atoms with Crippen molar-refractivity contribution in [3.05, 3.63) is 0 Å². The molecule has 0 bridgehead atoms. The lowest BCUT2D eigenvalue weighted by Gasteiger charge is -2.33. The minimum atomic E-state index is -0.813. The molecule has 0 aromatic heterocycles. The normalized spacial score (nSPS) is 11.9. The van der Waals surface area contributed by atoms with Gasteiger partial charge in [0.05, 0.1) is 0 Å². The van der Waals surface area contributed by atoms with Gasteiger partial charge in [-0.25, -0.2) is 0 Å². The number of carbonyl (C=O) groups is 3. The van der Waals surface area contributed by atoms with Gasteiger partial charge in [0.25, 0.3) is 0 Å². The zero-order chi connectivity index (χ0) is 36.3. The van der Waals surface area contributed by atoms with E-state index in [0.29, 0.717) is 39.1 Å². The highest BCUT2D eigenvalue weighted by Gasteiger charge is 2.25. The van der Waals surface area contributed by atoms with Gasteiger partial charge in [-0.2, -0.15) is 0 Å². The third-order valence-corrected chi connectivity index (χ3v) is 8.30. The molecular formula is C30H67B4N7O7. The van der Waals surface area contributed by atoms with Crippen molar-refractivity contribution in [3.8, 4) is 0 Å². The zero-order valence-corrected chi connectivity index (χ0v) is 30.8. The number of hydrogen-bond donors (Lipinski definition) is 9. The average Bonchev–Trinajstić information content (AvgIpc) is 3.03. The number of hydrogen-bond acceptors (Lipinski definition) is 11. The number of unbranched alkanes of at least 4 members (excludes halogenated alkanes) is 5. The number of amides is 3. The Kier molecular flexibility index (Phi) is 28.1. The Morgan fingerprint density at radius 1 is 0.625 bits per heavy atom. The number of rotatable bonds is 31. The predicted molar refractivity (Wildman–Crippen MR) is 198 cm³/mol. The average molecular weight is 681 g/mol. The minimum absolute atomic E-state index is 0.0517. The van der Waals surface area contributed by atoms with Crippen molar-refractivity contribution in [2.75, 3.05) is 52.4 Å². The molecule has 0 aliphatic rings. The predicted octanol–water partition coefficient (Wildman–Crippen LogP) is -0.125. The largest absolute Gasteiger partial charge is 0.437 e. The Bertz CT molecular complexity index is 819.